The van der Waals surface area contributed by atoms with Gasteiger partial charge in [-0.25, -0.2) is 8.42 Å². The van der Waals surface area contributed by atoms with Crippen LogP contribution in [-0.2, 0) is 21.2 Å². The van der Waals surface area contributed by atoms with Crippen LogP contribution < -0.4 is 10.6 Å². The minimum absolute atomic E-state index is 0.0199. The Morgan fingerprint density at radius 1 is 0.750 bits per heavy atom. The molecule has 6 nitrogen and oxygen atoms in total. The van der Waals surface area contributed by atoms with Crippen LogP contribution in [0, 0.1) is 6.92 Å². The number of nitrogens with zero attached hydrogens (tertiary/aromatic N) is 1. The monoisotopic (exact) mass is 495 g/mol. The average molecular weight is 496 g/mol. The van der Waals surface area contributed by atoms with Crippen molar-refractivity contribution in [2.45, 2.75) is 23.3 Å². The first kappa shape index (κ1) is 23.4. The standard InChI is InChI=1S/C29H25N3O3S/c1-21-11-17-25(18-12-21)36(34,35)28-19-32(27-10-6-5-9-26(27)28)20-29(33)31-24-15-13-23(14-16-24)30-22-7-3-2-4-8-22/h2-19,30H,20H2,1H3,(H,31,33). The van der Waals surface area contributed by atoms with E-state index in [2.05, 4.69) is 10.6 Å². The van der Waals surface area contributed by atoms with Crippen molar-refractivity contribution in [2.75, 3.05) is 10.6 Å². The number of carbonyl (C=O) groups is 1. The van der Waals surface area contributed by atoms with Crippen LogP contribution in [0.15, 0.2) is 119 Å². The Balaban J connectivity index is 1.35. The Morgan fingerprint density at radius 2 is 1.36 bits per heavy atom. The molecule has 5 rings (SSSR count). The van der Waals surface area contributed by atoms with Gasteiger partial charge in [0.05, 0.1) is 9.79 Å². The first-order valence-corrected chi connectivity index (χ1v) is 13.0. The molecule has 0 atom stereocenters. The topological polar surface area (TPSA) is 80.2 Å². The fraction of sp³-hybridized carbons (Fsp3) is 0.0690. The van der Waals surface area contributed by atoms with Gasteiger partial charge in [0.25, 0.3) is 0 Å². The first-order valence-electron chi connectivity index (χ1n) is 11.5. The van der Waals surface area contributed by atoms with Gasteiger partial charge in [-0.1, -0.05) is 54.1 Å². The second kappa shape index (κ2) is 9.71. The molecule has 1 aromatic heterocycles. The summed E-state index contributed by atoms with van der Waals surface area (Å²) in [5.74, 6) is -0.251. The molecule has 0 radical (unpaired) electrons. The Kier molecular flexibility index (Phi) is 6.31. The number of hydrogen-bond donors (Lipinski definition) is 2. The van der Waals surface area contributed by atoms with Gasteiger partial charge >= 0.3 is 0 Å². The molecule has 1 amide bonds. The highest BCUT2D eigenvalue weighted by atomic mass is 32.2. The third-order valence-electron chi connectivity index (χ3n) is 5.92. The summed E-state index contributed by atoms with van der Waals surface area (Å²) in [4.78, 5) is 13.3. The fourth-order valence-corrected chi connectivity index (χ4v) is 5.56. The molecule has 4 aromatic carbocycles. The summed E-state index contributed by atoms with van der Waals surface area (Å²) >= 11 is 0. The van der Waals surface area contributed by atoms with Crippen molar-refractivity contribution in [1.82, 2.24) is 4.57 Å². The number of aromatic nitrogens is 1. The fourth-order valence-electron chi connectivity index (χ4n) is 4.08. The molecular weight excluding hydrogens is 470 g/mol. The summed E-state index contributed by atoms with van der Waals surface area (Å²) < 4.78 is 28.5. The van der Waals surface area contributed by atoms with Gasteiger partial charge in [-0.3, -0.25) is 4.79 Å². The molecule has 0 aliphatic carbocycles. The zero-order valence-electron chi connectivity index (χ0n) is 19.7. The minimum atomic E-state index is -3.75. The number of benzene rings is 4. The van der Waals surface area contributed by atoms with E-state index in [4.69, 9.17) is 0 Å². The summed E-state index contributed by atoms with van der Waals surface area (Å²) in [5, 5.41) is 6.78. The van der Waals surface area contributed by atoms with Crippen LogP contribution in [0.25, 0.3) is 10.9 Å². The van der Waals surface area contributed by atoms with E-state index in [-0.39, 0.29) is 22.2 Å². The molecular formula is C29H25N3O3S. The lowest BCUT2D eigenvalue weighted by Gasteiger charge is -2.09. The van der Waals surface area contributed by atoms with Crippen molar-refractivity contribution in [3.8, 4) is 0 Å². The molecule has 180 valence electrons. The third-order valence-corrected chi connectivity index (χ3v) is 7.72. The van der Waals surface area contributed by atoms with Gasteiger partial charge in [0.15, 0.2) is 0 Å². The molecule has 0 bridgehead atoms. The highest BCUT2D eigenvalue weighted by molar-refractivity contribution is 7.91. The SMILES string of the molecule is Cc1ccc(S(=O)(=O)c2cn(CC(=O)Nc3ccc(Nc4ccccc4)cc3)c3ccccc23)cc1. The number of rotatable bonds is 7. The molecule has 2 N–H and O–H groups in total. The normalized spacial score (nSPS) is 11.4. The van der Waals surface area contributed by atoms with Gasteiger partial charge in [0, 0.05) is 34.2 Å². The second-order valence-corrected chi connectivity index (χ2v) is 10.5. The number of para-hydroxylation sites is 2. The third kappa shape index (κ3) is 4.87. The first-order chi connectivity index (χ1) is 17.4. The molecule has 0 saturated carbocycles. The van der Waals surface area contributed by atoms with E-state index in [1.807, 2.05) is 73.7 Å². The Hall–Kier alpha value is -4.36. The van der Waals surface area contributed by atoms with Crippen LogP contribution in [0.5, 0.6) is 0 Å². The Bertz CT molecular complexity index is 1620. The van der Waals surface area contributed by atoms with E-state index < -0.39 is 9.84 Å². The van der Waals surface area contributed by atoms with Crippen LogP contribution in [0.3, 0.4) is 0 Å². The highest BCUT2D eigenvalue weighted by Crippen LogP contribution is 2.30. The van der Waals surface area contributed by atoms with E-state index in [0.29, 0.717) is 16.6 Å². The van der Waals surface area contributed by atoms with Gasteiger partial charge in [-0.05, 0) is 61.5 Å². The number of fused-ring (bicyclic) bond motifs is 1. The van der Waals surface area contributed by atoms with E-state index in [9.17, 15) is 13.2 Å². The molecule has 0 spiro atoms. The van der Waals surface area contributed by atoms with Crippen molar-refractivity contribution in [2.24, 2.45) is 0 Å². The smallest absolute Gasteiger partial charge is 0.244 e. The molecule has 7 heteroatoms. The predicted octanol–water partition coefficient (Wildman–Crippen LogP) is 6.16. The number of aryl methyl sites for hydroxylation is 1. The maximum atomic E-state index is 13.4. The predicted molar refractivity (Wildman–Crippen MR) is 143 cm³/mol. The van der Waals surface area contributed by atoms with Gasteiger partial charge in [0.2, 0.25) is 15.7 Å². The van der Waals surface area contributed by atoms with Crippen molar-refractivity contribution < 1.29 is 13.2 Å². The van der Waals surface area contributed by atoms with Crippen molar-refractivity contribution in [1.29, 1.82) is 0 Å². The largest absolute Gasteiger partial charge is 0.356 e. The van der Waals surface area contributed by atoms with Crippen LogP contribution in [-0.4, -0.2) is 18.9 Å². The average Bonchev–Trinajstić information content (AvgIpc) is 3.25. The van der Waals surface area contributed by atoms with E-state index in [1.54, 1.807) is 47.2 Å². The van der Waals surface area contributed by atoms with Crippen molar-refractivity contribution in [3.63, 3.8) is 0 Å². The lowest BCUT2D eigenvalue weighted by molar-refractivity contribution is -0.116. The zero-order chi connectivity index (χ0) is 25.1. The van der Waals surface area contributed by atoms with Crippen LogP contribution in [0.4, 0.5) is 17.1 Å². The number of sulfone groups is 1. The quantitative estimate of drug-likeness (QED) is 0.283. The van der Waals surface area contributed by atoms with Crippen molar-refractivity contribution in [3.05, 3.63) is 115 Å². The van der Waals surface area contributed by atoms with Crippen LogP contribution >= 0.6 is 0 Å². The number of hydrogen-bond acceptors (Lipinski definition) is 4. The number of amides is 1. The van der Waals surface area contributed by atoms with Crippen LogP contribution in [0.2, 0.25) is 0 Å². The number of nitrogens with one attached hydrogen (secondary N) is 2. The summed E-state index contributed by atoms with van der Waals surface area (Å²) in [6, 6.07) is 31.2. The van der Waals surface area contributed by atoms with Gasteiger partial charge in [0.1, 0.15) is 6.54 Å². The Labute approximate surface area is 210 Å². The molecule has 0 unspecified atom stereocenters. The Morgan fingerprint density at radius 3 is 2.08 bits per heavy atom. The molecule has 1 heterocycles. The summed E-state index contributed by atoms with van der Waals surface area (Å²) in [6.45, 7) is 1.89. The second-order valence-electron chi connectivity index (χ2n) is 8.57. The molecule has 0 aliphatic heterocycles. The minimum Gasteiger partial charge on any atom is -0.356 e. The van der Waals surface area contributed by atoms with E-state index in [1.165, 1.54) is 0 Å². The molecule has 0 saturated heterocycles. The van der Waals surface area contributed by atoms with E-state index in [0.717, 1.165) is 16.9 Å². The molecule has 0 aliphatic rings. The maximum Gasteiger partial charge on any atom is 0.244 e. The molecule has 0 fully saturated rings. The van der Waals surface area contributed by atoms with E-state index >= 15 is 0 Å². The zero-order valence-corrected chi connectivity index (χ0v) is 20.5. The maximum absolute atomic E-state index is 13.4. The number of anilines is 3. The number of carbonyl (C=O) groups excluding carboxylic acids is 1. The molecule has 5 aromatic rings. The van der Waals surface area contributed by atoms with Gasteiger partial charge < -0.3 is 15.2 Å². The molecule has 36 heavy (non-hydrogen) atoms. The summed E-state index contributed by atoms with van der Waals surface area (Å²) in [7, 11) is -3.75. The van der Waals surface area contributed by atoms with Crippen molar-refractivity contribution >= 4 is 43.7 Å². The van der Waals surface area contributed by atoms with Gasteiger partial charge in [-0.15, -0.1) is 0 Å². The lowest BCUT2D eigenvalue weighted by atomic mass is 10.2. The summed E-state index contributed by atoms with van der Waals surface area (Å²) in [6.07, 6.45) is 1.55. The summed E-state index contributed by atoms with van der Waals surface area (Å²) in [5.41, 5.74) is 4.20. The highest BCUT2D eigenvalue weighted by Gasteiger charge is 2.23. The lowest BCUT2D eigenvalue weighted by Crippen LogP contribution is -2.18. The van der Waals surface area contributed by atoms with Gasteiger partial charge in [-0.2, -0.15) is 0 Å². The van der Waals surface area contributed by atoms with Crippen LogP contribution in [0.1, 0.15) is 5.56 Å².